The highest BCUT2D eigenvalue weighted by Crippen LogP contribution is 2.25. The molecule has 1 aliphatic heterocycles. The third-order valence-electron chi connectivity index (χ3n) is 4.20. The third-order valence-corrected chi connectivity index (χ3v) is 4.44. The van der Waals surface area contributed by atoms with Crippen LogP contribution in [0.1, 0.15) is 31.9 Å². The van der Waals surface area contributed by atoms with Crippen LogP contribution in [0.2, 0.25) is 5.02 Å². The second-order valence-electron chi connectivity index (χ2n) is 5.69. The van der Waals surface area contributed by atoms with Crippen LogP contribution in [0.4, 0.5) is 0 Å². The predicted octanol–water partition coefficient (Wildman–Crippen LogP) is 2.76. The Morgan fingerprint density at radius 2 is 2.20 bits per heavy atom. The highest BCUT2D eigenvalue weighted by Gasteiger charge is 2.28. The fourth-order valence-electron chi connectivity index (χ4n) is 3.14. The van der Waals surface area contributed by atoms with Crippen LogP contribution in [0, 0.1) is 0 Å². The normalized spacial score (nSPS) is 22.9. The Kier molecular flexibility index (Phi) is 5.85. The SMILES string of the molecule is CCCN1CCN(C(CN)c2cccc(Cl)c2)CC1C. The fraction of sp³-hybridized carbons (Fsp3) is 0.625. The van der Waals surface area contributed by atoms with Crippen molar-refractivity contribution in [3.63, 3.8) is 0 Å². The molecule has 1 heterocycles. The van der Waals surface area contributed by atoms with E-state index in [0.717, 1.165) is 24.7 Å². The Morgan fingerprint density at radius 1 is 1.40 bits per heavy atom. The van der Waals surface area contributed by atoms with E-state index in [0.29, 0.717) is 12.6 Å². The summed E-state index contributed by atoms with van der Waals surface area (Å²) in [6, 6.07) is 8.98. The van der Waals surface area contributed by atoms with Gasteiger partial charge >= 0.3 is 0 Å². The van der Waals surface area contributed by atoms with E-state index < -0.39 is 0 Å². The zero-order valence-electron chi connectivity index (χ0n) is 12.6. The average molecular weight is 296 g/mol. The first-order valence-corrected chi connectivity index (χ1v) is 7.97. The summed E-state index contributed by atoms with van der Waals surface area (Å²) in [5, 5.41) is 0.790. The number of benzene rings is 1. The molecule has 112 valence electrons. The van der Waals surface area contributed by atoms with Gasteiger partial charge in [-0.15, -0.1) is 0 Å². The number of hydrogen-bond acceptors (Lipinski definition) is 3. The zero-order chi connectivity index (χ0) is 14.5. The number of halogens is 1. The summed E-state index contributed by atoms with van der Waals surface area (Å²) in [6.07, 6.45) is 1.22. The minimum atomic E-state index is 0.278. The topological polar surface area (TPSA) is 32.5 Å². The number of nitrogens with two attached hydrogens (primary N) is 1. The van der Waals surface area contributed by atoms with Gasteiger partial charge in [0.15, 0.2) is 0 Å². The number of nitrogens with zero attached hydrogens (tertiary/aromatic N) is 2. The fourth-order valence-corrected chi connectivity index (χ4v) is 3.33. The van der Waals surface area contributed by atoms with Crippen molar-refractivity contribution in [3.8, 4) is 0 Å². The molecule has 0 amide bonds. The molecule has 0 spiro atoms. The molecule has 2 rings (SSSR count). The van der Waals surface area contributed by atoms with Gasteiger partial charge in [-0.25, -0.2) is 0 Å². The van der Waals surface area contributed by atoms with E-state index in [-0.39, 0.29) is 6.04 Å². The van der Waals surface area contributed by atoms with Gasteiger partial charge in [0.25, 0.3) is 0 Å². The van der Waals surface area contributed by atoms with Crippen LogP contribution in [0.3, 0.4) is 0 Å². The summed E-state index contributed by atoms with van der Waals surface area (Å²) in [4.78, 5) is 5.07. The van der Waals surface area contributed by atoms with Crippen LogP contribution >= 0.6 is 11.6 Å². The van der Waals surface area contributed by atoms with E-state index in [1.807, 2.05) is 18.2 Å². The molecular weight excluding hydrogens is 270 g/mol. The van der Waals surface area contributed by atoms with Crippen LogP contribution in [-0.4, -0.2) is 48.6 Å². The zero-order valence-corrected chi connectivity index (χ0v) is 13.3. The Bertz CT molecular complexity index is 424. The summed E-state index contributed by atoms with van der Waals surface area (Å²) >= 11 is 6.11. The maximum absolute atomic E-state index is 6.11. The highest BCUT2D eigenvalue weighted by atomic mass is 35.5. The van der Waals surface area contributed by atoms with E-state index in [2.05, 4.69) is 29.7 Å². The third kappa shape index (κ3) is 3.73. The van der Waals surface area contributed by atoms with Crippen molar-refractivity contribution in [1.82, 2.24) is 9.80 Å². The Labute approximate surface area is 127 Å². The van der Waals surface area contributed by atoms with Crippen molar-refractivity contribution in [2.75, 3.05) is 32.7 Å². The smallest absolute Gasteiger partial charge is 0.0472 e. The molecule has 0 aromatic heterocycles. The lowest BCUT2D eigenvalue weighted by Crippen LogP contribution is -2.53. The molecule has 20 heavy (non-hydrogen) atoms. The lowest BCUT2D eigenvalue weighted by atomic mass is 10.0. The van der Waals surface area contributed by atoms with Gasteiger partial charge in [0.2, 0.25) is 0 Å². The van der Waals surface area contributed by atoms with Crippen molar-refractivity contribution < 1.29 is 0 Å². The minimum Gasteiger partial charge on any atom is -0.329 e. The maximum Gasteiger partial charge on any atom is 0.0472 e. The molecule has 3 nitrogen and oxygen atoms in total. The molecular formula is C16H26ClN3. The molecule has 1 fully saturated rings. The molecule has 0 aliphatic carbocycles. The Hall–Kier alpha value is -0.610. The molecule has 2 unspecified atom stereocenters. The molecule has 0 bridgehead atoms. The lowest BCUT2D eigenvalue weighted by molar-refractivity contribution is 0.0572. The Balaban J connectivity index is 2.06. The van der Waals surface area contributed by atoms with Crippen LogP contribution < -0.4 is 5.73 Å². The molecule has 4 heteroatoms. The van der Waals surface area contributed by atoms with Gasteiger partial charge in [-0.3, -0.25) is 9.80 Å². The van der Waals surface area contributed by atoms with Gasteiger partial charge in [-0.05, 0) is 37.6 Å². The van der Waals surface area contributed by atoms with Crippen LogP contribution in [0.15, 0.2) is 24.3 Å². The van der Waals surface area contributed by atoms with Gasteiger partial charge in [0.05, 0.1) is 0 Å². The molecule has 0 radical (unpaired) electrons. The first-order valence-electron chi connectivity index (χ1n) is 7.59. The summed E-state index contributed by atoms with van der Waals surface area (Å²) in [5.41, 5.74) is 7.26. The highest BCUT2D eigenvalue weighted by molar-refractivity contribution is 6.30. The van der Waals surface area contributed by atoms with E-state index >= 15 is 0 Å². The number of hydrogen-bond donors (Lipinski definition) is 1. The van der Waals surface area contributed by atoms with Crippen molar-refractivity contribution in [2.45, 2.75) is 32.4 Å². The summed E-state index contributed by atoms with van der Waals surface area (Å²) in [5.74, 6) is 0. The molecule has 1 aromatic carbocycles. The largest absolute Gasteiger partial charge is 0.329 e. The quantitative estimate of drug-likeness (QED) is 0.906. The number of rotatable bonds is 5. The van der Waals surface area contributed by atoms with Crippen molar-refractivity contribution in [3.05, 3.63) is 34.9 Å². The number of piperazine rings is 1. The van der Waals surface area contributed by atoms with Crippen molar-refractivity contribution >= 4 is 11.6 Å². The van der Waals surface area contributed by atoms with E-state index in [1.54, 1.807) is 0 Å². The Morgan fingerprint density at radius 3 is 2.80 bits per heavy atom. The monoisotopic (exact) mass is 295 g/mol. The molecule has 1 aliphatic rings. The standard InChI is InChI=1S/C16H26ClN3/c1-3-7-19-8-9-20(12-13(19)2)16(11-18)14-5-4-6-15(17)10-14/h4-6,10,13,16H,3,7-9,11-12,18H2,1-2H3. The van der Waals surface area contributed by atoms with Crippen LogP contribution in [0.25, 0.3) is 0 Å². The average Bonchev–Trinajstić information content (AvgIpc) is 2.43. The van der Waals surface area contributed by atoms with Gasteiger partial charge in [0.1, 0.15) is 0 Å². The molecule has 1 aromatic rings. The minimum absolute atomic E-state index is 0.278. The molecule has 2 N–H and O–H groups in total. The van der Waals surface area contributed by atoms with Crippen LogP contribution in [0.5, 0.6) is 0 Å². The van der Waals surface area contributed by atoms with Gasteiger partial charge in [-0.1, -0.05) is 30.7 Å². The summed E-state index contributed by atoms with van der Waals surface area (Å²) in [6.45, 7) is 9.68. The molecule has 1 saturated heterocycles. The first kappa shape index (κ1) is 15.8. The second-order valence-corrected chi connectivity index (χ2v) is 6.12. The summed E-state index contributed by atoms with van der Waals surface area (Å²) in [7, 11) is 0. The van der Waals surface area contributed by atoms with E-state index in [1.165, 1.54) is 18.5 Å². The molecule has 0 saturated carbocycles. The van der Waals surface area contributed by atoms with Gasteiger partial charge in [0, 0.05) is 43.3 Å². The van der Waals surface area contributed by atoms with E-state index in [4.69, 9.17) is 17.3 Å². The predicted molar refractivity (Wildman–Crippen MR) is 86.1 cm³/mol. The van der Waals surface area contributed by atoms with Gasteiger partial charge in [-0.2, -0.15) is 0 Å². The lowest BCUT2D eigenvalue weighted by Gasteiger charge is -2.43. The first-order chi connectivity index (χ1) is 9.65. The van der Waals surface area contributed by atoms with Crippen LogP contribution in [-0.2, 0) is 0 Å². The van der Waals surface area contributed by atoms with Crippen molar-refractivity contribution in [1.29, 1.82) is 0 Å². The molecule has 2 atom stereocenters. The van der Waals surface area contributed by atoms with Gasteiger partial charge < -0.3 is 5.73 Å². The maximum atomic E-state index is 6.11. The van der Waals surface area contributed by atoms with E-state index in [9.17, 15) is 0 Å². The van der Waals surface area contributed by atoms with Crippen molar-refractivity contribution in [2.24, 2.45) is 5.73 Å². The summed E-state index contributed by atoms with van der Waals surface area (Å²) < 4.78 is 0. The second kappa shape index (κ2) is 7.41.